The lowest BCUT2D eigenvalue weighted by Crippen LogP contribution is -2.67. The van der Waals surface area contributed by atoms with Crippen molar-refractivity contribution in [1.29, 1.82) is 0 Å². The molecule has 4 saturated carbocycles. The Balaban J connectivity index is 1.03. The summed E-state index contributed by atoms with van der Waals surface area (Å²) in [5.41, 5.74) is -0.975. The lowest BCUT2D eigenvalue weighted by Gasteiger charge is -2.71. The van der Waals surface area contributed by atoms with Crippen LogP contribution in [0.2, 0.25) is 0 Å². The smallest absolute Gasteiger partial charge is 0.335 e. The highest BCUT2D eigenvalue weighted by Gasteiger charge is 2.70. The Hall–Kier alpha value is -1.92. The molecule has 11 N–H and O–H groups in total. The van der Waals surface area contributed by atoms with Gasteiger partial charge in [0.05, 0.1) is 24.7 Å². The molecule has 382 valence electrons. The van der Waals surface area contributed by atoms with Crippen LogP contribution in [0.3, 0.4) is 0 Å². The zero-order valence-electron chi connectivity index (χ0n) is 39.7. The van der Waals surface area contributed by atoms with Crippen molar-refractivity contribution in [2.75, 3.05) is 13.2 Å². The van der Waals surface area contributed by atoms with Crippen LogP contribution in [0, 0.1) is 50.2 Å². The molecule has 0 aromatic carbocycles. The van der Waals surface area contributed by atoms with Gasteiger partial charge in [0.1, 0.15) is 67.1 Å². The lowest BCUT2D eigenvalue weighted by atomic mass is 9.33. The number of carbonyl (C=O) groups is 2. The number of carboxylic acid groups (broad SMARTS) is 1. The Morgan fingerprint density at radius 3 is 1.84 bits per heavy atom. The second kappa shape index (κ2) is 18.0. The topological polar surface area (TPSA) is 312 Å². The summed E-state index contributed by atoms with van der Waals surface area (Å²) in [5, 5.41) is 115. The first-order valence-corrected chi connectivity index (χ1v) is 24.3. The Labute approximate surface area is 391 Å². The molecule has 8 rings (SSSR count). The van der Waals surface area contributed by atoms with Crippen molar-refractivity contribution in [3.05, 3.63) is 11.6 Å². The Kier molecular flexibility index (Phi) is 13.8. The van der Waals surface area contributed by atoms with E-state index in [9.17, 15) is 65.8 Å². The maximum absolute atomic E-state index is 14.7. The normalized spacial score (nSPS) is 52.6. The minimum absolute atomic E-state index is 0.0786. The number of allylic oxidation sites excluding steroid dienone is 2. The molecule has 19 heteroatoms. The minimum Gasteiger partial charge on any atom is -0.479 e. The molecule has 0 aromatic rings. The Morgan fingerprint density at radius 2 is 1.22 bits per heavy atom. The summed E-state index contributed by atoms with van der Waals surface area (Å²) in [6.07, 6.45) is -16.4. The van der Waals surface area contributed by atoms with Crippen molar-refractivity contribution in [3.63, 3.8) is 0 Å². The van der Waals surface area contributed by atoms with E-state index in [0.29, 0.717) is 25.7 Å². The number of aliphatic hydroxyl groups excluding tert-OH is 10. The molecule has 0 spiro atoms. The van der Waals surface area contributed by atoms with Gasteiger partial charge in [-0.15, -0.1) is 0 Å². The molecule has 0 amide bonds. The summed E-state index contributed by atoms with van der Waals surface area (Å²) in [4.78, 5) is 27.1. The van der Waals surface area contributed by atoms with E-state index in [1.165, 1.54) is 5.57 Å². The highest BCUT2D eigenvalue weighted by atomic mass is 16.7. The van der Waals surface area contributed by atoms with Crippen molar-refractivity contribution in [3.8, 4) is 0 Å². The monoisotopic (exact) mass is 956 g/mol. The van der Waals surface area contributed by atoms with Crippen LogP contribution in [0.4, 0.5) is 0 Å². The first kappa shape index (κ1) is 51.4. The van der Waals surface area contributed by atoms with Gasteiger partial charge in [0.25, 0.3) is 0 Å². The van der Waals surface area contributed by atoms with E-state index < -0.39 is 134 Å². The first-order chi connectivity index (χ1) is 31.2. The molecule has 0 bridgehead atoms. The fourth-order valence-electron chi connectivity index (χ4n) is 15.0. The third-order valence-electron chi connectivity index (χ3n) is 19.3. The molecule has 67 heavy (non-hydrogen) atoms. The zero-order chi connectivity index (χ0) is 49.1. The van der Waals surface area contributed by atoms with Gasteiger partial charge in [-0.3, -0.25) is 4.79 Å². The molecule has 19 nitrogen and oxygen atoms in total. The van der Waals surface area contributed by atoms with Gasteiger partial charge >= 0.3 is 11.9 Å². The Bertz CT molecular complexity index is 1870. The molecule has 5 aliphatic carbocycles. The summed E-state index contributed by atoms with van der Waals surface area (Å²) >= 11 is 0. The quantitative estimate of drug-likeness (QED) is 0.0838. The maximum Gasteiger partial charge on any atom is 0.335 e. The van der Waals surface area contributed by atoms with Crippen molar-refractivity contribution < 1.29 is 94.2 Å². The first-order valence-electron chi connectivity index (χ1n) is 24.3. The SMILES string of the molecule is CC1(C)CC[C@]2(C(=O)O[C@H]3O[C@@H](CO)[C@H](O)[C@@H](O)[C@@H]3O)CC[C@]3(C)C(=CC[C@@H]4[C@@]5(C)CC[C@H](O[C@@H]6O[C@H](C(=O)O)[C@@H](O)[C@H](O[C@@H]7O[C@H](CO)[C@H](O)[C@@H](O)[C@@H]7O)[C@@H]6O)C(C)(C)[C@@H]5CC[C@]43C)[C@@H]2C1. The number of esters is 1. The molecular weight excluding hydrogens is 881 g/mol. The van der Waals surface area contributed by atoms with Gasteiger partial charge in [0.2, 0.25) is 6.29 Å². The van der Waals surface area contributed by atoms with Crippen molar-refractivity contribution in [1.82, 2.24) is 0 Å². The largest absolute Gasteiger partial charge is 0.479 e. The summed E-state index contributed by atoms with van der Waals surface area (Å²) in [6, 6.07) is 0. The van der Waals surface area contributed by atoms with Gasteiger partial charge in [0.15, 0.2) is 18.7 Å². The van der Waals surface area contributed by atoms with Crippen molar-refractivity contribution in [2.45, 2.75) is 211 Å². The van der Waals surface area contributed by atoms with E-state index in [1.54, 1.807) is 0 Å². The summed E-state index contributed by atoms with van der Waals surface area (Å²) in [7, 11) is 0. The van der Waals surface area contributed by atoms with E-state index in [2.05, 4.69) is 54.5 Å². The second-order valence-electron chi connectivity index (χ2n) is 23.5. The predicted molar refractivity (Wildman–Crippen MR) is 231 cm³/mol. The molecule has 0 unspecified atom stereocenters. The standard InChI is InChI=1S/C48H76O19/c1-43(2)14-16-48(42(61)67-40-33(56)31(54)29(52)24(20-50)63-40)17-15-46(6)21(22(48)18-43)8-9-26-45(5)12-11-27(44(3,4)25(45)10-13-47(26,46)7)64-41-35(58)36(34(57)37(66-41)38(59)60)65-39-32(55)30(53)28(51)23(19-49)62-39/h8,22-37,39-41,49-58H,9-20H2,1-7H3,(H,59,60)/t22-,23+,24-,25-,26+,27-,28-,29-,30+,31+,32-,33-,34-,35-,36-,37-,39-,40+,41+,45-,46+,47+,48-/m0/s1. The molecular formula is C48H76O19. The highest BCUT2D eigenvalue weighted by Crippen LogP contribution is 2.76. The maximum atomic E-state index is 14.7. The van der Waals surface area contributed by atoms with Gasteiger partial charge in [-0.2, -0.15) is 0 Å². The van der Waals surface area contributed by atoms with E-state index in [-0.39, 0.29) is 39.4 Å². The average molecular weight is 957 g/mol. The number of carbonyl (C=O) groups excluding carboxylic acids is 1. The zero-order valence-corrected chi connectivity index (χ0v) is 39.7. The molecule has 8 aliphatic rings. The molecule has 3 aliphatic heterocycles. The number of carboxylic acids is 1. The fraction of sp³-hybridized carbons (Fsp3) is 0.917. The highest BCUT2D eigenvalue weighted by molar-refractivity contribution is 5.79. The molecule has 23 atom stereocenters. The van der Waals surface area contributed by atoms with Crippen LogP contribution in [-0.2, 0) is 38.0 Å². The van der Waals surface area contributed by atoms with Gasteiger partial charge in [-0.05, 0) is 109 Å². The minimum atomic E-state index is -1.97. The van der Waals surface area contributed by atoms with Crippen LogP contribution in [0.1, 0.15) is 113 Å². The van der Waals surface area contributed by atoms with E-state index >= 15 is 0 Å². The predicted octanol–water partition coefficient (Wildman–Crippen LogP) is 0.233. The number of rotatable bonds is 9. The lowest BCUT2D eigenvalue weighted by molar-refractivity contribution is -0.365. The summed E-state index contributed by atoms with van der Waals surface area (Å²) in [6.45, 7) is 14.4. The van der Waals surface area contributed by atoms with Gasteiger partial charge < -0.3 is 84.6 Å². The van der Waals surface area contributed by atoms with E-state index in [1.807, 2.05) is 0 Å². The van der Waals surface area contributed by atoms with Crippen LogP contribution in [0.25, 0.3) is 0 Å². The number of fused-ring (bicyclic) bond motifs is 7. The third kappa shape index (κ3) is 8.06. The van der Waals surface area contributed by atoms with Crippen LogP contribution < -0.4 is 0 Å². The number of hydrogen-bond acceptors (Lipinski definition) is 18. The van der Waals surface area contributed by atoms with Crippen molar-refractivity contribution in [2.24, 2.45) is 50.2 Å². The molecule has 0 radical (unpaired) electrons. The van der Waals surface area contributed by atoms with Gasteiger partial charge in [-0.25, -0.2) is 4.79 Å². The van der Waals surface area contributed by atoms with Crippen LogP contribution in [0.5, 0.6) is 0 Å². The van der Waals surface area contributed by atoms with Gasteiger partial charge in [-0.1, -0.05) is 60.1 Å². The van der Waals surface area contributed by atoms with Crippen LogP contribution >= 0.6 is 0 Å². The van der Waals surface area contributed by atoms with Crippen molar-refractivity contribution >= 4 is 11.9 Å². The third-order valence-corrected chi connectivity index (χ3v) is 19.3. The van der Waals surface area contributed by atoms with E-state index in [4.69, 9.17) is 28.4 Å². The number of aliphatic hydroxyl groups is 10. The molecule has 7 fully saturated rings. The Morgan fingerprint density at radius 1 is 0.642 bits per heavy atom. The number of ether oxygens (including phenoxy) is 6. The molecule has 3 heterocycles. The van der Waals surface area contributed by atoms with E-state index in [0.717, 1.165) is 38.5 Å². The van der Waals surface area contributed by atoms with Gasteiger partial charge in [0, 0.05) is 0 Å². The summed E-state index contributed by atoms with van der Waals surface area (Å²) < 4.78 is 35.2. The molecule has 0 aromatic heterocycles. The molecule has 3 saturated heterocycles. The second-order valence-corrected chi connectivity index (χ2v) is 23.5. The van der Waals surface area contributed by atoms with Crippen LogP contribution in [0.15, 0.2) is 11.6 Å². The fourth-order valence-corrected chi connectivity index (χ4v) is 15.0. The average Bonchev–Trinajstić information content (AvgIpc) is 3.26. The summed E-state index contributed by atoms with van der Waals surface area (Å²) in [5.74, 6) is -1.91. The van der Waals surface area contributed by atoms with Crippen LogP contribution in [-0.4, -0.2) is 180 Å². The number of aliphatic carboxylic acids is 1. The number of hydrogen-bond donors (Lipinski definition) is 11.